The summed E-state index contributed by atoms with van der Waals surface area (Å²) in [5.74, 6) is 2.28. The lowest BCUT2D eigenvalue weighted by Gasteiger charge is -2.36. The summed E-state index contributed by atoms with van der Waals surface area (Å²) in [7, 11) is 6.05. The van der Waals surface area contributed by atoms with Crippen molar-refractivity contribution in [2.24, 2.45) is 7.05 Å². The van der Waals surface area contributed by atoms with E-state index >= 15 is 0 Å². The van der Waals surface area contributed by atoms with Gasteiger partial charge in [-0.2, -0.15) is 0 Å². The zero-order valence-electron chi connectivity index (χ0n) is 13.2. The van der Waals surface area contributed by atoms with E-state index in [1.165, 1.54) is 0 Å². The predicted molar refractivity (Wildman–Crippen MR) is 79.9 cm³/mol. The Balaban J connectivity index is 2.09. The van der Waals surface area contributed by atoms with Gasteiger partial charge in [0.15, 0.2) is 0 Å². The number of piperidine rings is 1. The molecule has 1 aliphatic rings. The van der Waals surface area contributed by atoms with Crippen LogP contribution in [0.25, 0.3) is 0 Å². The molecule has 0 radical (unpaired) electrons. The third-order valence-electron chi connectivity index (χ3n) is 4.21. The van der Waals surface area contributed by atoms with Crippen LogP contribution < -0.4 is 0 Å². The maximum Gasteiger partial charge on any atom is 0.146 e. The van der Waals surface area contributed by atoms with Gasteiger partial charge in [-0.1, -0.05) is 0 Å². The van der Waals surface area contributed by atoms with Crippen molar-refractivity contribution in [2.75, 3.05) is 40.4 Å². The minimum absolute atomic E-state index is 0.00604. The van der Waals surface area contributed by atoms with Crippen LogP contribution in [0, 0.1) is 0 Å². The lowest BCUT2D eigenvalue weighted by atomic mass is 9.96. The topological polar surface area (TPSA) is 77.7 Å². The Kier molecular flexibility index (Phi) is 5.69. The van der Waals surface area contributed by atoms with Gasteiger partial charge in [-0.3, -0.25) is 4.90 Å². The fraction of sp³-hybridized carbons (Fsp3) is 0.857. The molecule has 7 nitrogen and oxygen atoms in total. The largest absolute Gasteiger partial charge is 0.395 e. The second-order valence-electron chi connectivity index (χ2n) is 6.12. The van der Waals surface area contributed by atoms with E-state index in [1.807, 2.05) is 21.1 Å². The molecule has 0 saturated carbocycles. The number of nitrogens with zero attached hydrogens (tertiary/aromatic N) is 5. The quantitative estimate of drug-likeness (QED) is 0.731. The van der Waals surface area contributed by atoms with E-state index in [-0.39, 0.29) is 19.3 Å². The van der Waals surface area contributed by atoms with Crippen LogP contribution in [0.15, 0.2) is 0 Å². The first-order valence-electron chi connectivity index (χ1n) is 7.55. The summed E-state index contributed by atoms with van der Waals surface area (Å²) in [6.07, 6.45) is 2.13. The zero-order chi connectivity index (χ0) is 15.4. The van der Waals surface area contributed by atoms with Gasteiger partial charge in [-0.05, 0) is 33.5 Å². The van der Waals surface area contributed by atoms with Crippen molar-refractivity contribution in [3.63, 3.8) is 0 Å². The van der Waals surface area contributed by atoms with Gasteiger partial charge in [0.1, 0.15) is 11.6 Å². The first-order chi connectivity index (χ1) is 10.1. The first kappa shape index (κ1) is 16.4. The molecular formula is C14H27N5O2. The smallest absolute Gasteiger partial charge is 0.146 e. The average molecular weight is 297 g/mol. The van der Waals surface area contributed by atoms with Crippen molar-refractivity contribution in [3.05, 3.63) is 11.6 Å². The van der Waals surface area contributed by atoms with Crippen molar-refractivity contribution in [3.8, 4) is 0 Å². The number of aromatic nitrogens is 3. The lowest BCUT2D eigenvalue weighted by molar-refractivity contribution is 0.0537. The summed E-state index contributed by atoms with van der Waals surface area (Å²) < 4.78 is 2.08. The first-order valence-corrected chi connectivity index (χ1v) is 7.55. The highest BCUT2D eigenvalue weighted by Gasteiger charge is 2.29. The fourth-order valence-electron chi connectivity index (χ4n) is 2.99. The molecule has 7 heteroatoms. The molecule has 1 aromatic rings. The van der Waals surface area contributed by atoms with Gasteiger partial charge < -0.3 is 19.7 Å². The van der Waals surface area contributed by atoms with Crippen molar-refractivity contribution in [1.82, 2.24) is 24.6 Å². The summed E-state index contributed by atoms with van der Waals surface area (Å²) >= 11 is 0. The molecule has 0 spiro atoms. The average Bonchev–Trinajstić information content (AvgIpc) is 2.81. The molecule has 1 unspecified atom stereocenters. The Morgan fingerprint density at radius 2 is 2.00 bits per heavy atom. The SMILES string of the molecule is CN(C)Cc1nnc(C2CCCN(C(CO)CO)C2)n1C. The second kappa shape index (κ2) is 7.31. The van der Waals surface area contributed by atoms with Crippen molar-refractivity contribution in [2.45, 2.75) is 31.3 Å². The fourth-order valence-corrected chi connectivity index (χ4v) is 2.99. The molecule has 1 aromatic heterocycles. The van der Waals surface area contributed by atoms with Crippen LogP contribution in [0.2, 0.25) is 0 Å². The van der Waals surface area contributed by atoms with E-state index in [0.717, 1.165) is 44.1 Å². The Hall–Kier alpha value is -1.02. The van der Waals surface area contributed by atoms with E-state index in [4.69, 9.17) is 0 Å². The molecule has 1 atom stereocenters. The van der Waals surface area contributed by atoms with Crippen LogP contribution in [0.1, 0.15) is 30.4 Å². The lowest BCUT2D eigenvalue weighted by Crippen LogP contribution is -2.46. The molecule has 1 fully saturated rings. The second-order valence-corrected chi connectivity index (χ2v) is 6.12. The number of hydrogen-bond donors (Lipinski definition) is 2. The summed E-state index contributed by atoms with van der Waals surface area (Å²) in [5.41, 5.74) is 0. The Bertz CT molecular complexity index is 445. The number of rotatable bonds is 6. The monoisotopic (exact) mass is 297 g/mol. The molecule has 0 aromatic carbocycles. The molecule has 0 amide bonds. The number of aliphatic hydroxyl groups is 2. The van der Waals surface area contributed by atoms with E-state index in [9.17, 15) is 10.2 Å². The van der Waals surface area contributed by atoms with Gasteiger partial charge >= 0.3 is 0 Å². The molecule has 2 heterocycles. The maximum atomic E-state index is 9.35. The summed E-state index contributed by atoms with van der Waals surface area (Å²) in [5, 5.41) is 27.4. The van der Waals surface area contributed by atoms with E-state index in [1.54, 1.807) is 0 Å². The predicted octanol–water partition coefficient (Wildman–Crippen LogP) is -0.591. The van der Waals surface area contributed by atoms with Crippen LogP contribution in [-0.2, 0) is 13.6 Å². The van der Waals surface area contributed by atoms with Crippen LogP contribution in [0.5, 0.6) is 0 Å². The van der Waals surface area contributed by atoms with Gasteiger partial charge in [0.25, 0.3) is 0 Å². The van der Waals surface area contributed by atoms with Crippen LogP contribution in [0.3, 0.4) is 0 Å². The van der Waals surface area contributed by atoms with Crippen LogP contribution in [-0.4, -0.2) is 81.2 Å². The minimum atomic E-state index is -0.165. The van der Waals surface area contributed by atoms with E-state index in [2.05, 4.69) is 24.6 Å². The van der Waals surface area contributed by atoms with Crippen molar-refractivity contribution in [1.29, 1.82) is 0 Å². The van der Waals surface area contributed by atoms with Crippen molar-refractivity contribution >= 4 is 0 Å². The van der Waals surface area contributed by atoms with E-state index < -0.39 is 0 Å². The van der Waals surface area contributed by atoms with Gasteiger partial charge in [0.05, 0.1) is 25.8 Å². The number of aliphatic hydroxyl groups excluding tert-OH is 2. The minimum Gasteiger partial charge on any atom is -0.395 e. The third-order valence-corrected chi connectivity index (χ3v) is 4.21. The number of hydrogen-bond acceptors (Lipinski definition) is 6. The molecule has 0 aliphatic carbocycles. The van der Waals surface area contributed by atoms with Crippen molar-refractivity contribution < 1.29 is 10.2 Å². The highest BCUT2D eigenvalue weighted by molar-refractivity contribution is 5.04. The molecule has 2 N–H and O–H groups in total. The Morgan fingerprint density at radius 3 is 2.62 bits per heavy atom. The highest BCUT2D eigenvalue weighted by Crippen LogP contribution is 2.26. The van der Waals surface area contributed by atoms with Gasteiger partial charge in [0.2, 0.25) is 0 Å². The molecule has 1 saturated heterocycles. The normalized spacial score (nSPS) is 20.6. The zero-order valence-corrected chi connectivity index (χ0v) is 13.2. The van der Waals surface area contributed by atoms with Crippen LogP contribution in [0.4, 0.5) is 0 Å². The Labute approximate surface area is 126 Å². The molecular weight excluding hydrogens is 270 g/mol. The van der Waals surface area contributed by atoms with Gasteiger partial charge in [-0.25, -0.2) is 0 Å². The number of likely N-dealkylation sites (tertiary alicyclic amines) is 1. The van der Waals surface area contributed by atoms with Gasteiger partial charge in [0, 0.05) is 19.5 Å². The molecule has 21 heavy (non-hydrogen) atoms. The van der Waals surface area contributed by atoms with E-state index in [0.29, 0.717) is 5.92 Å². The van der Waals surface area contributed by atoms with Crippen LogP contribution >= 0.6 is 0 Å². The summed E-state index contributed by atoms with van der Waals surface area (Å²) in [6, 6.07) is -0.165. The van der Waals surface area contributed by atoms with Gasteiger partial charge in [-0.15, -0.1) is 10.2 Å². The molecule has 120 valence electrons. The molecule has 2 rings (SSSR count). The summed E-state index contributed by atoms with van der Waals surface area (Å²) in [6.45, 7) is 2.50. The highest BCUT2D eigenvalue weighted by atomic mass is 16.3. The maximum absolute atomic E-state index is 9.35. The standard InChI is InChI=1S/C14H27N5O2/c1-17(2)8-13-15-16-14(18(13)3)11-5-4-6-19(7-11)12(9-20)10-21/h11-12,20-21H,4-10H2,1-3H3. The Morgan fingerprint density at radius 1 is 1.29 bits per heavy atom. The third kappa shape index (κ3) is 3.79. The molecule has 1 aliphatic heterocycles. The molecule has 0 bridgehead atoms. The summed E-state index contributed by atoms with van der Waals surface area (Å²) in [4.78, 5) is 4.24.